The highest BCUT2D eigenvalue weighted by molar-refractivity contribution is 9.10. The topological polar surface area (TPSA) is 111 Å². The number of hydrogen-bond donors (Lipinski definition) is 2. The lowest BCUT2D eigenvalue weighted by molar-refractivity contribution is -0.384. The van der Waals surface area contributed by atoms with Crippen molar-refractivity contribution < 1.29 is 14.5 Å². The van der Waals surface area contributed by atoms with Crippen LogP contribution in [0.2, 0.25) is 0 Å². The molecule has 9 heteroatoms. The van der Waals surface area contributed by atoms with Crippen molar-refractivity contribution in [3.63, 3.8) is 0 Å². The standard InChI is InChI=1S/C14H19BrN4O4/c1-14(13(20)17-2,18-3-5-23-6-4-18)9-7-10(15)12(16)11(8-9)19(21)22/h7-8H,3-6,16H2,1-2H3,(H,17,20). The van der Waals surface area contributed by atoms with Crippen LogP contribution in [0, 0.1) is 10.1 Å². The molecular formula is C14H19BrN4O4. The maximum atomic E-state index is 12.6. The monoisotopic (exact) mass is 386 g/mol. The van der Waals surface area contributed by atoms with Crippen LogP contribution >= 0.6 is 15.9 Å². The second kappa shape index (κ2) is 6.81. The van der Waals surface area contributed by atoms with Gasteiger partial charge in [-0.15, -0.1) is 0 Å². The second-order valence-electron chi connectivity index (χ2n) is 5.40. The minimum Gasteiger partial charge on any atom is -0.392 e. The van der Waals surface area contributed by atoms with E-state index in [0.29, 0.717) is 36.3 Å². The van der Waals surface area contributed by atoms with Crippen LogP contribution in [-0.4, -0.2) is 49.1 Å². The van der Waals surface area contributed by atoms with E-state index in [4.69, 9.17) is 10.5 Å². The molecule has 0 spiro atoms. The van der Waals surface area contributed by atoms with Gasteiger partial charge in [-0.05, 0) is 34.5 Å². The van der Waals surface area contributed by atoms with E-state index in [0.717, 1.165) is 0 Å². The number of nitro benzene ring substituents is 1. The average molecular weight is 387 g/mol. The van der Waals surface area contributed by atoms with Gasteiger partial charge in [0.15, 0.2) is 0 Å². The van der Waals surface area contributed by atoms with Gasteiger partial charge in [0, 0.05) is 30.7 Å². The highest BCUT2D eigenvalue weighted by Crippen LogP contribution is 2.38. The first-order chi connectivity index (χ1) is 10.8. The number of ether oxygens (including phenoxy) is 1. The molecule has 1 unspecified atom stereocenters. The molecule has 1 fully saturated rings. The average Bonchev–Trinajstić information content (AvgIpc) is 2.56. The number of hydrogen-bond acceptors (Lipinski definition) is 6. The van der Waals surface area contributed by atoms with Crippen LogP contribution in [-0.2, 0) is 15.1 Å². The Kier molecular flexibility index (Phi) is 5.23. The van der Waals surface area contributed by atoms with Gasteiger partial charge in [0.2, 0.25) is 5.91 Å². The van der Waals surface area contributed by atoms with Crippen LogP contribution < -0.4 is 11.1 Å². The number of anilines is 1. The Bertz CT molecular complexity index is 633. The number of likely N-dealkylation sites (N-methyl/N-ethyl adjacent to an activating group) is 1. The number of rotatable bonds is 4. The molecule has 1 amide bonds. The Hall–Kier alpha value is -1.71. The Morgan fingerprint density at radius 1 is 1.48 bits per heavy atom. The van der Waals surface area contributed by atoms with Crippen molar-refractivity contribution in [1.29, 1.82) is 0 Å². The number of nitrogen functional groups attached to an aromatic ring is 1. The summed E-state index contributed by atoms with van der Waals surface area (Å²) in [6.45, 7) is 3.87. The molecule has 0 bridgehead atoms. The highest BCUT2D eigenvalue weighted by atomic mass is 79.9. The number of carbonyl (C=O) groups is 1. The number of halogens is 1. The van der Waals surface area contributed by atoms with Gasteiger partial charge >= 0.3 is 0 Å². The first-order valence-corrected chi connectivity index (χ1v) is 7.90. The fraction of sp³-hybridized carbons (Fsp3) is 0.500. The zero-order chi connectivity index (χ0) is 17.2. The van der Waals surface area contributed by atoms with Gasteiger partial charge in [-0.1, -0.05) is 0 Å². The zero-order valence-electron chi connectivity index (χ0n) is 13.0. The molecular weight excluding hydrogens is 368 g/mol. The molecule has 1 aromatic carbocycles. The van der Waals surface area contributed by atoms with Gasteiger partial charge < -0.3 is 15.8 Å². The first kappa shape index (κ1) is 17.6. The fourth-order valence-electron chi connectivity index (χ4n) is 2.75. The molecule has 1 aliphatic heterocycles. The smallest absolute Gasteiger partial charge is 0.293 e. The van der Waals surface area contributed by atoms with E-state index in [-0.39, 0.29) is 17.3 Å². The van der Waals surface area contributed by atoms with E-state index in [1.54, 1.807) is 20.0 Å². The van der Waals surface area contributed by atoms with Crippen molar-refractivity contribution in [1.82, 2.24) is 10.2 Å². The number of nitrogens with one attached hydrogen (secondary N) is 1. The maximum Gasteiger partial charge on any atom is 0.293 e. The molecule has 1 heterocycles. The second-order valence-corrected chi connectivity index (χ2v) is 6.25. The van der Waals surface area contributed by atoms with Crippen LogP contribution in [0.3, 0.4) is 0 Å². The summed E-state index contributed by atoms with van der Waals surface area (Å²) in [4.78, 5) is 25.2. The molecule has 23 heavy (non-hydrogen) atoms. The number of nitro groups is 1. The largest absolute Gasteiger partial charge is 0.392 e. The minimum absolute atomic E-state index is 0.0417. The van der Waals surface area contributed by atoms with Crippen molar-refractivity contribution in [2.75, 3.05) is 39.1 Å². The van der Waals surface area contributed by atoms with Crippen molar-refractivity contribution in [2.24, 2.45) is 0 Å². The number of morpholine rings is 1. The van der Waals surface area contributed by atoms with Crippen LogP contribution in [0.1, 0.15) is 12.5 Å². The first-order valence-electron chi connectivity index (χ1n) is 7.11. The summed E-state index contributed by atoms with van der Waals surface area (Å²) in [7, 11) is 1.54. The number of nitrogens with zero attached hydrogens (tertiary/aromatic N) is 2. The van der Waals surface area contributed by atoms with Crippen molar-refractivity contribution in [3.8, 4) is 0 Å². The van der Waals surface area contributed by atoms with Gasteiger partial charge in [-0.25, -0.2) is 0 Å². The zero-order valence-corrected chi connectivity index (χ0v) is 14.6. The van der Waals surface area contributed by atoms with Crippen LogP contribution in [0.5, 0.6) is 0 Å². The Morgan fingerprint density at radius 3 is 2.61 bits per heavy atom. The van der Waals surface area contributed by atoms with Crippen molar-refractivity contribution in [3.05, 3.63) is 32.3 Å². The third-order valence-electron chi connectivity index (χ3n) is 4.18. The lowest BCUT2D eigenvalue weighted by atomic mass is 9.87. The predicted octanol–water partition coefficient (Wildman–Crippen LogP) is 1.23. The minimum atomic E-state index is -1.06. The quantitative estimate of drug-likeness (QED) is 0.457. The van der Waals surface area contributed by atoms with Crippen LogP contribution in [0.4, 0.5) is 11.4 Å². The molecule has 1 aliphatic rings. The van der Waals surface area contributed by atoms with E-state index in [1.807, 2.05) is 4.90 Å². The van der Waals surface area contributed by atoms with E-state index >= 15 is 0 Å². The van der Waals surface area contributed by atoms with E-state index < -0.39 is 10.5 Å². The maximum absolute atomic E-state index is 12.6. The summed E-state index contributed by atoms with van der Waals surface area (Å²) in [6.07, 6.45) is 0. The predicted molar refractivity (Wildman–Crippen MR) is 89.0 cm³/mol. The molecule has 0 aliphatic carbocycles. The molecule has 126 valence electrons. The molecule has 0 aromatic heterocycles. The van der Waals surface area contributed by atoms with Gasteiger partial charge in [-0.2, -0.15) is 0 Å². The molecule has 0 radical (unpaired) electrons. The normalized spacial score (nSPS) is 18.2. The molecule has 3 N–H and O–H groups in total. The number of amides is 1. The molecule has 1 atom stereocenters. The fourth-order valence-corrected chi connectivity index (χ4v) is 3.20. The molecule has 0 saturated carbocycles. The third-order valence-corrected chi connectivity index (χ3v) is 4.84. The molecule has 8 nitrogen and oxygen atoms in total. The molecule has 1 saturated heterocycles. The summed E-state index contributed by atoms with van der Waals surface area (Å²) in [5.74, 6) is -0.245. The van der Waals surface area contributed by atoms with Gasteiger partial charge in [0.1, 0.15) is 11.2 Å². The third kappa shape index (κ3) is 3.17. The summed E-state index contributed by atoms with van der Waals surface area (Å²) >= 11 is 3.25. The van der Waals surface area contributed by atoms with Crippen LogP contribution in [0.25, 0.3) is 0 Å². The summed E-state index contributed by atoms with van der Waals surface area (Å²) in [5, 5.41) is 13.9. The Balaban J connectivity index is 2.60. The lowest BCUT2D eigenvalue weighted by Crippen LogP contribution is -2.57. The van der Waals surface area contributed by atoms with Crippen molar-refractivity contribution >= 4 is 33.2 Å². The van der Waals surface area contributed by atoms with Crippen molar-refractivity contribution in [2.45, 2.75) is 12.5 Å². The van der Waals surface area contributed by atoms with Gasteiger partial charge in [0.25, 0.3) is 5.69 Å². The lowest BCUT2D eigenvalue weighted by Gasteiger charge is -2.42. The van der Waals surface area contributed by atoms with Crippen LogP contribution in [0.15, 0.2) is 16.6 Å². The Labute approximate surface area is 142 Å². The number of nitrogens with two attached hydrogens (primary N) is 1. The molecule has 1 aromatic rings. The van der Waals surface area contributed by atoms with E-state index in [1.165, 1.54) is 6.07 Å². The molecule has 2 rings (SSSR count). The summed E-state index contributed by atoms with van der Waals surface area (Å²) in [5.41, 5.74) is 5.03. The Morgan fingerprint density at radius 2 is 2.09 bits per heavy atom. The summed E-state index contributed by atoms with van der Waals surface area (Å²) in [6, 6.07) is 3.03. The van der Waals surface area contributed by atoms with Gasteiger partial charge in [0.05, 0.1) is 18.1 Å². The SMILES string of the molecule is CNC(=O)C(C)(c1cc(Br)c(N)c([N+](=O)[O-])c1)N1CCOCC1. The van der Waals surface area contributed by atoms with E-state index in [2.05, 4.69) is 21.2 Å². The van der Waals surface area contributed by atoms with Gasteiger partial charge in [-0.3, -0.25) is 19.8 Å². The van der Waals surface area contributed by atoms with E-state index in [9.17, 15) is 14.9 Å². The number of carbonyl (C=O) groups excluding carboxylic acids is 1. The summed E-state index contributed by atoms with van der Waals surface area (Å²) < 4.78 is 5.73. The highest BCUT2D eigenvalue weighted by Gasteiger charge is 2.42. The number of benzene rings is 1.